The molecule has 1 aliphatic rings. The lowest BCUT2D eigenvalue weighted by molar-refractivity contribution is 0.184. The number of pyridine rings is 1. The first-order valence-corrected chi connectivity index (χ1v) is 10.0. The number of aromatic nitrogens is 2. The standard InChI is InChI=1S/C22H27N5O/c1-16-14-21(26-11-8-17(9-12-26)25(2)10-5-13-28)27-20-7-4-3-6-19(20)24-22(27)18(16)15-23/h3-4,6-7,14,17,28H,5,8-13H2,1-2H3. The van der Waals surface area contributed by atoms with Crippen molar-refractivity contribution in [3.05, 3.63) is 41.5 Å². The smallest absolute Gasteiger partial charge is 0.157 e. The second-order valence-corrected chi connectivity index (χ2v) is 7.71. The summed E-state index contributed by atoms with van der Waals surface area (Å²) >= 11 is 0. The van der Waals surface area contributed by atoms with Crippen molar-refractivity contribution >= 4 is 22.5 Å². The molecular formula is C22H27N5O. The van der Waals surface area contributed by atoms with Gasteiger partial charge in [0.15, 0.2) is 5.65 Å². The molecule has 6 heteroatoms. The zero-order chi connectivity index (χ0) is 19.7. The predicted octanol–water partition coefficient (Wildman–Crippen LogP) is 2.95. The minimum Gasteiger partial charge on any atom is -0.396 e. The van der Waals surface area contributed by atoms with Crippen LogP contribution in [0.2, 0.25) is 0 Å². The lowest BCUT2D eigenvalue weighted by Gasteiger charge is -2.38. The van der Waals surface area contributed by atoms with Crippen molar-refractivity contribution in [1.82, 2.24) is 14.3 Å². The van der Waals surface area contributed by atoms with Crippen LogP contribution in [0.3, 0.4) is 0 Å². The van der Waals surface area contributed by atoms with Crippen molar-refractivity contribution in [2.75, 3.05) is 38.2 Å². The lowest BCUT2D eigenvalue weighted by atomic mass is 10.0. The van der Waals surface area contributed by atoms with Gasteiger partial charge in [0.25, 0.3) is 0 Å². The number of imidazole rings is 1. The molecule has 0 atom stereocenters. The first-order valence-electron chi connectivity index (χ1n) is 10.0. The number of nitriles is 1. The number of aryl methyl sites for hydroxylation is 1. The van der Waals surface area contributed by atoms with Gasteiger partial charge in [-0.15, -0.1) is 0 Å². The molecule has 1 N–H and O–H groups in total. The van der Waals surface area contributed by atoms with E-state index in [1.807, 2.05) is 25.1 Å². The summed E-state index contributed by atoms with van der Waals surface area (Å²) in [6, 6.07) is 13.1. The third-order valence-electron chi connectivity index (χ3n) is 5.95. The molecule has 1 saturated heterocycles. The zero-order valence-corrected chi connectivity index (χ0v) is 16.6. The highest BCUT2D eigenvalue weighted by atomic mass is 16.3. The third-order valence-corrected chi connectivity index (χ3v) is 5.95. The quantitative estimate of drug-likeness (QED) is 0.740. The molecule has 1 aliphatic heterocycles. The first-order chi connectivity index (χ1) is 13.6. The van der Waals surface area contributed by atoms with E-state index in [4.69, 9.17) is 10.1 Å². The number of aliphatic hydroxyl groups is 1. The summed E-state index contributed by atoms with van der Waals surface area (Å²) in [5.74, 6) is 1.12. The number of hydrogen-bond acceptors (Lipinski definition) is 5. The molecule has 28 heavy (non-hydrogen) atoms. The summed E-state index contributed by atoms with van der Waals surface area (Å²) in [5.41, 5.74) is 4.35. The molecule has 0 bridgehead atoms. The number of piperidine rings is 1. The van der Waals surface area contributed by atoms with Crippen LogP contribution in [0.15, 0.2) is 30.3 Å². The average Bonchev–Trinajstić information content (AvgIpc) is 3.11. The lowest BCUT2D eigenvalue weighted by Crippen LogP contribution is -2.44. The van der Waals surface area contributed by atoms with Gasteiger partial charge in [0.05, 0.1) is 16.6 Å². The van der Waals surface area contributed by atoms with E-state index >= 15 is 0 Å². The van der Waals surface area contributed by atoms with Crippen LogP contribution < -0.4 is 4.90 Å². The van der Waals surface area contributed by atoms with Gasteiger partial charge >= 0.3 is 0 Å². The summed E-state index contributed by atoms with van der Waals surface area (Å²) < 4.78 is 2.15. The Balaban J connectivity index is 1.69. The maximum atomic E-state index is 9.67. The Kier molecular flexibility index (Phi) is 5.21. The summed E-state index contributed by atoms with van der Waals surface area (Å²) in [4.78, 5) is 9.56. The molecule has 0 aliphatic carbocycles. The number of nitrogens with zero attached hydrogens (tertiary/aromatic N) is 5. The van der Waals surface area contributed by atoms with Gasteiger partial charge in [-0.05, 0) is 57.0 Å². The molecule has 2 aromatic heterocycles. The van der Waals surface area contributed by atoms with Gasteiger partial charge in [-0.3, -0.25) is 4.40 Å². The second kappa shape index (κ2) is 7.78. The molecule has 1 fully saturated rings. The van der Waals surface area contributed by atoms with Crippen LogP contribution in [0.5, 0.6) is 0 Å². The fourth-order valence-corrected chi connectivity index (χ4v) is 4.34. The monoisotopic (exact) mass is 377 g/mol. The molecule has 6 nitrogen and oxygen atoms in total. The number of aliphatic hydroxyl groups excluding tert-OH is 1. The largest absolute Gasteiger partial charge is 0.396 e. The number of para-hydroxylation sites is 2. The van der Waals surface area contributed by atoms with Crippen LogP contribution in [0.25, 0.3) is 16.7 Å². The molecule has 4 rings (SSSR count). The molecule has 3 aromatic rings. The maximum absolute atomic E-state index is 9.67. The van der Waals surface area contributed by atoms with Gasteiger partial charge in [-0.25, -0.2) is 4.98 Å². The van der Waals surface area contributed by atoms with E-state index in [2.05, 4.69) is 39.5 Å². The van der Waals surface area contributed by atoms with Crippen molar-refractivity contribution in [3.63, 3.8) is 0 Å². The highest BCUT2D eigenvalue weighted by molar-refractivity contribution is 5.85. The number of fused-ring (bicyclic) bond motifs is 3. The summed E-state index contributed by atoms with van der Waals surface area (Å²) in [6.45, 7) is 5.13. The topological polar surface area (TPSA) is 67.8 Å². The van der Waals surface area contributed by atoms with E-state index in [9.17, 15) is 5.26 Å². The molecule has 0 amide bonds. The van der Waals surface area contributed by atoms with Crippen molar-refractivity contribution in [1.29, 1.82) is 5.26 Å². The summed E-state index contributed by atoms with van der Waals surface area (Å²) in [5, 5.41) is 18.7. The van der Waals surface area contributed by atoms with Crippen LogP contribution in [-0.2, 0) is 0 Å². The Morgan fingerprint density at radius 2 is 2.04 bits per heavy atom. The molecule has 3 heterocycles. The molecule has 0 saturated carbocycles. The minimum absolute atomic E-state index is 0.249. The van der Waals surface area contributed by atoms with E-state index in [-0.39, 0.29) is 6.61 Å². The van der Waals surface area contributed by atoms with Crippen LogP contribution in [-0.4, -0.2) is 58.7 Å². The second-order valence-electron chi connectivity index (χ2n) is 7.71. The Hall–Kier alpha value is -2.62. The zero-order valence-electron chi connectivity index (χ0n) is 16.6. The maximum Gasteiger partial charge on any atom is 0.157 e. The van der Waals surface area contributed by atoms with Crippen LogP contribution >= 0.6 is 0 Å². The number of benzene rings is 1. The fraction of sp³-hybridized carbons (Fsp3) is 0.455. The number of anilines is 1. The molecular weight excluding hydrogens is 350 g/mol. The Morgan fingerprint density at radius 3 is 2.75 bits per heavy atom. The van der Waals surface area contributed by atoms with E-state index in [0.717, 1.165) is 67.0 Å². The SMILES string of the molecule is Cc1cc(N2CCC(N(C)CCCO)CC2)n2c(nc3ccccc32)c1C#N. The van der Waals surface area contributed by atoms with E-state index in [1.54, 1.807) is 0 Å². The Bertz CT molecular complexity index is 1030. The molecule has 146 valence electrons. The van der Waals surface area contributed by atoms with E-state index < -0.39 is 0 Å². The number of rotatable bonds is 5. The van der Waals surface area contributed by atoms with Gasteiger partial charge in [-0.2, -0.15) is 5.26 Å². The molecule has 1 aromatic carbocycles. The van der Waals surface area contributed by atoms with Gasteiger partial charge in [0.2, 0.25) is 0 Å². The predicted molar refractivity (Wildman–Crippen MR) is 112 cm³/mol. The number of hydrogen-bond donors (Lipinski definition) is 1. The fourth-order valence-electron chi connectivity index (χ4n) is 4.34. The highest BCUT2D eigenvalue weighted by Crippen LogP contribution is 2.30. The van der Waals surface area contributed by atoms with Gasteiger partial charge in [0, 0.05) is 32.3 Å². The molecule has 0 radical (unpaired) electrons. The highest BCUT2D eigenvalue weighted by Gasteiger charge is 2.25. The molecule has 0 unspecified atom stereocenters. The summed E-state index contributed by atoms with van der Waals surface area (Å²) in [7, 11) is 2.16. The van der Waals surface area contributed by atoms with Crippen LogP contribution in [0, 0.1) is 18.3 Å². The van der Waals surface area contributed by atoms with Gasteiger partial charge in [-0.1, -0.05) is 12.1 Å². The third kappa shape index (κ3) is 3.21. The van der Waals surface area contributed by atoms with Gasteiger partial charge < -0.3 is 14.9 Å². The van der Waals surface area contributed by atoms with Crippen molar-refractivity contribution < 1.29 is 5.11 Å². The summed E-state index contributed by atoms with van der Waals surface area (Å²) in [6.07, 6.45) is 3.01. The van der Waals surface area contributed by atoms with E-state index in [0.29, 0.717) is 11.6 Å². The Morgan fingerprint density at radius 1 is 1.29 bits per heavy atom. The minimum atomic E-state index is 0.249. The van der Waals surface area contributed by atoms with Crippen molar-refractivity contribution in [2.24, 2.45) is 0 Å². The van der Waals surface area contributed by atoms with E-state index in [1.165, 1.54) is 0 Å². The van der Waals surface area contributed by atoms with Crippen molar-refractivity contribution in [3.8, 4) is 6.07 Å². The van der Waals surface area contributed by atoms with Crippen LogP contribution in [0.4, 0.5) is 5.82 Å². The van der Waals surface area contributed by atoms with Gasteiger partial charge in [0.1, 0.15) is 11.9 Å². The van der Waals surface area contributed by atoms with Crippen LogP contribution in [0.1, 0.15) is 30.4 Å². The first kappa shape index (κ1) is 18.7. The molecule has 0 spiro atoms. The Labute approximate surface area is 165 Å². The average molecular weight is 377 g/mol. The normalized spacial score (nSPS) is 15.6. The van der Waals surface area contributed by atoms with Crippen molar-refractivity contribution in [2.45, 2.75) is 32.2 Å².